The van der Waals surface area contributed by atoms with Gasteiger partial charge in [0.2, 0.25) is 0 Å². The smallest absolute Gasteiger partial charge is 0.267 e. The fourth-order valence-corrected chi connectivity index (χ4v) is 2.62. The molecule has 0 aliphatic carbocycles. The predicted molar refractivity (Wildman–Crippen MR) is 119 cm³/mol. The summed E-state index contributed by atoms with van der Waals surface area (Å²) in [6.07, 6.45) is 7.25. The molecular weight excluding hydrogens is 378 g/mol. The van der Waals surface area contributed by atoms with Gasteiger partial charge in [0.05, 0.1) is 10.6 Å². The van der Waals surface area contributed by atoms with Crippen LogP contribution in [-0.2, 0) is 0 Å². The summed E-state index contributed by atoms with van der Waals surface area (Å²) in [6.45, 7) is 0. The van der Waals surface area contributed by atoms with Crippen LogP contribution in [0.3, 0.4) is 0 Å². The van der Waals surface area contributed by atoms with Crippen LogP contribution in [0.4, 0.5) is 5.69 Å². The number of para-hydroxylation sites is 1. The van der Waals surface area contributed by atoms with E-state index in [4.69, 9.17) is 0 Å². The molecule has 0 heterocycles. The van der Waals surface area contributed by atoms with Gasteiger partial charge < -0.3 is 0 Å². The highest BCUT2D eigenvalue weighted by Gasteiger charge is 2.18. The minimum Gasteiger partial charge on any atom is -0.267 e. The van der Waals surface area contributed by atoms with Crippen molar-refractivity contribution in [2.45, 2.75) is 0 Å². The van der Waals surface area contributed by atoms with E-state index in [1.807, 2.05) is 72.8 Å². The molecule has 1 N–H and O–H groups in total. The maximum absolute atomic E-state index is 12.5. The first-order valence-corrected chi connectivity index (χ1v) is 9.21. The standard InChI is InChI=1S/C24H19N3O3/c28-24(22-13-7-8-14-23(22)27(29)30)26-25-21(17-15-19-9-3-1-4-10-19)18-16-20-11-5-2-6-12-20/h1-18H,(H,26,28). The van der Waals surface area contributed by atoms with Crippen molar-refractivity contribution < 1.29 is 9.72 Å². The normalized spacial score (nSPS) is 10.8. The van der Waals surface area contributed by atoms with Crippen LogP contribution in [0.5, 0.6) is 0 Å². The second kappa shape index (κ2) is 10.3. The second-order valence-electron chi connectivity index (χ2n) is 6.24. The largest absolute Gasteiger partial charge is 0.282 e. The summed E-state index contributed by atoms with van der Waals surface area (Å²) >= 11 is 0. The summed E-state index contributed by atoms with van der Waals surface area (Å²) in [5.41, 5.74) is 4.52. The van der Waals surface area contributed by atoms with Crippen LogP contribution in [0.15, 0.2) is 102 Å². The molecule has 6 nitrogen and oxygen atoms in total. The van der Waals surface area contributed by atoms with E-state index in [-0.39, 0.29) is 11.3 Å². The van der Waals surface area contributed by atoms with Gasteiger partial charge in [-0.2, -0.15) is 5.10 Å². The summed E-state index contributed by atoms with van der Waals surface area (Å²) in [7, 11) is 0. The number of hydrogen-bond donors (Lipinski definition) is 1. The van der Waals surface area contributed by atoms with Crippen molar-refractivity contribution in [3.05, 3.63) is 124 Å². The van der Waals surface area contributed by atoms with Crippen LogP contribution in [0, 0.1) is 10.1 Å². The van der Waals surface area contributed by atoms with E-state index < -0.39 is 10.8 Å². The second-order valence-corrected chi connectivity index (χ2v) is 6.24. The highest BCUT2D eigenvalue weighted by atomic mass is 16.6. The molecule has 3 aromatic rings. The third-order valence-electron chi connectivity index (χ3n) is 4.12. The molecule has 3 aromatic carbocycles. The topological polar surface area (TPSA) is 84.6 Å². The third kappa shape index (κ3) is 5.84. The van der Waals surface area contributed by atoms with Gasteiger partial charge in [-0.25, -0.2) is 5.43 Å². The fraction of sp³-hybridized carbons (Fsp3) is 0. The number of nitrogens with zero attached hydrogens (tertiary/aromatic N) is 2. The molecule has 0 fully saturated rings. The van der Waals surface area contributed by atoms with E-state index in [2.05, 4.69) is 10.5 Å². The molecule has 0 aliphatic heterocycles. The molecule has 0 unspecified atom stereocenters. The molecule has 0 spiro atoms. The molecule has 1 amide bonds. The number of hydrogen-bond acceptors (Lipinski definition) is 4. The Kier molecular flexibility index (Phi) is 7.00. The summed E-state index contributed by atoms with van der Waals surface area (Å²) < 4.78 is 0. The quantitative estimate of drug-likeness (QED) is 0.342. The van der Waals surface area contributed by atoms with Gasteiger partial charge in [-0.15, -0.1) is 0 Å². The Morgan fingerprint density at radius 1 is 0.800 bits per heavy atom. The Bertz CT molecular complexity index is 1050. The first kappa shape index (κ1) is 20.4. The highest BCUT2D eigenvalue weighted by Crippen LogP contribution is 2.17. The molecule has 0 saturated heterocycles. The lowest BCUT2D eigenvalue weighted by Crippen LogP contribution is -2.20. The van der Waals surface area contributed by atoms with Crippen LogP contribution in [0.25, 0.3) is 12.2 Å². The maximum Gasteiger partial charge on any atom is 0.282 e. The van der Waals surface area contributed by atoms with Crippen LogP contribution >= 0.6 is 0 Å². The molecule has 0 aromatic heterocycles. The lowest BCUT2D eigenvalue weighted by molar-refractivity contribution is -0.385. The number of hydrazone groups is 1. The van der Waals surface area contributed by atoms with E-state index >= 15 is 0 Å². The Hall–Kier alpha value is -4.32. The number of rotatable bonds is 7. The lowest BCUT2D eigenvalue weighted by Gasteiger charge is -2.02. The fourth-order valence-electron chi connectivity index (χ4n) is 2.62. The van der Waals surface area contributed by atoms with E-state index in [1.54, 1.807) is 18.2 Å². The van der Waals surface area contributed by atoms with Crippen molar-refractivity contribution in [2.75, 3.05) is 0 Å². The third-order valence-corrected chi connectivity index (χ3v) is 4.12. The van der Waals surface area contributed by atoms with E-state index in [0.717, 1.165) is 11.1 Å². The Labute approximate surface area is 174 Å². The number of allylic oxidation sites excluding steroid dienone is 2. The number of nitro benzene ring substituents is 1. The van der Waals surface area contributed by atoms with Crippen LogP contribution in [0.2, 0.25) is 0 Å². The molecule has 0 aliphatic rings. The average molecular weight is 397 g/mol. The molecule has 0 atom stereocenters. The van der Waals surface area contributed by atoms with Gasteiger partial charge in [0.25, 0.3) is 11.6 Å². The van der Waals surface area contributed by atoms with Gasteiger partial charge in [0.1, 0.15) is 5.56 Å². The first-order chi connectivity index (χ1) is 14.6. The molecular formula is C24H19N3O3. The number of benzene rings is 3. The van der Waals surface area contributed by atoms with Crippen molar-refractivity contribution in [3.63, 3.8) is 0 Å². The summed E-state index contributed by atoms with van der Waals surface area (Å²) in [5, 5.41) is 15.3. The van der Waals surface area contributed by atoms with Gasteiger partial charge in [0, 0.05) is 6.07 Å². The van der Waals surface area contributed by atoms with Gasteiger partial charge >= 0.3 is 0 Å². The monoisotopic (exact) mass is 397 g/mol. The molecule has 6 heteroatoms. The Morgan fingerprint density at radius 2 is 1.30 bits per heavy atom. The molecule has 0 radical (unpaired) electrons. The van der Waals surface area contributed by atoms with Crippen molar-refractivity contribution in [3.8, 4) is 0 Å². The van der Waals surface area contributed by atoms with Gasteiger partial charge in [-0.05, 0) is 29.3 Å². The average Bonchev–Trinajstić information content (AvgIpc) is 2.79. The van der Waals surface area contributed by atoms with Crippen LogP contribution < -0.4 is 5.43 Å². The highest BCUT2D eigenvalue weighted by molar-refractivity contribution is 6.09. The van der Waals surface area contributed by atoms with Crippen molar-refractivity contribution in [1.29, 1.82) is 0 Å². The zero-order valence-corrected chi connectivity index (χ0v) is 16.0. The number of carbonyl (C=O) groups is 1. The van der Waals surface area contributed by atoms with Crippen molar-refractivity contribution >= 4 is 29.5 Å². The Balaban J connectivity index is 1.84. The molecule has 148 valence electrons. The van der Waals surface area contributed by atoms with E-state index in [0.29, 0.717) is 5.71 Å². The minimum absolute atomic E-state index is 0.0512. The SMILES string of the molecule is O=C(NN=C(C=Cc1ccccc1)C=Cc1ccccc1)c1ccccc1[N+](=O)[O-]. The summed E-state index contributed by atoms with van der Waals surface area (Å²) in [4.78, 5) is 23.0. The number of nitro groups is 1. The summed E-state index contributed by atoms with van der Waals surface area (Å²) in [6, 6.07) is 25.1. The van der Waals surface area contributed by atoms with Gasteiger partial charge in [-0.3, -0.25) is 14.9 Å². The zero-order valence-electron chi connectivity index (χ0n) is 16.0. The molecule has 30 heavy (non-hydrogen) atoms. The minimum atomic E-state index is -0.652. The van der Waals surface area contributed by atoms with Crippen molar-refractivity contribution in [2.24, 2.45) is 5.10 Å². The lowest BCUT2D eigenvalue weighted by atomic mass is 10.1. The van der Waals surface area contributed by atoms with E-state index in [1.165, 1.54) is 18.2 Å². The van der Waals surface area contributed by atoms with Gasteiger partial charge in [-0.1, -0.05) is 84.9 Å². The van der Waals surface area contributed by atoms with Gasteiger partial charge in [0.15, 0.2) is 0 Å². The van der Waals surface area contributed by atoms with E-state index in [9.17, 15) is 14.9 Å². The van der Waals surface area contributed by atoms with Crippen LogP contribution in [-0.4, -0.2) is 16.5 Å². The first-order valence-electron chi connectivity index (χ1n) is 9.21. The number of amides is 1. The maximum atomic E-state index is 12.5. The molecule has 3 rings (SSSR count). The Morgan fingerprint density at radius 3 is 1.83 bits per heavy atom. The molecule has 0 saturated carbocycles. The zero-order chi connectivity index (χ0) is 21.2. The predicted octanol–water partition coefficient (Wildman–Crippen LogP) is 5.11. The number of nitrogens with one attached hydrogen (secondary N) is 1. The van der Waals surface area contributed by atoms with Crippen LogP contribution in [0.1, 0.15) is 21.5 Å². The summed E-state index contributed by atoms with van der Waals surface area (Å²) in [5.74, 6) is -0.652. The number of carbonyl (C=O) groups excluding carboxylic acids is 1. The molecule has 0 bridgehead atoms. The van der Waals surface area contributed by atoms with Crippen molar-refractivity contribution in [1.82, 2.24) is 5.43 Å².